The first-order chi connectivity index (χ1) is 17.0. The molecule has 0 saturated heterocycles. The summed E-state index contributed by atoms with van der Waals surface area (Å²) in [6, 6.07) is 13.7. The summed E-state index contributed by atoms with van der Waals surface area (Å²) >= 11 is 1.40. The second-order valence-electron chi connectivity index (χ2n) is 8.58. The second kappa shape index (κ2) is 11.2. The minimum Gasteiger partial charge on any atom is -0.494 e. The highest BCUT2D eigenvalue weighted by atomic mass is 32.1. The number of nitrogens with one attached hydrogen (secondary N) is 1. The first kappa shape index (κ1) is 24.4. The number of thiophene rings is 1. The van der Waals surface area contributed by atoms with E-state index in [1.807, 2.05) is 55.1 Å². The molecule has 0 spiro atoms. The van der Waals surface area contributed by atoms with Gasteiger partial charge in [-0.3, -0.25) is 14.6 Å². The van der Waals surface area contributed by atoms with Gasteiger partial charge in [0, 0.05) is 30.2 Å². The summed E-state index contributed by atoms with van der Waals surface area (Å²) in [5.41, 5.74) is 3.41. The number of aromatic nitrogens is 1. The average Bonchev–Trinajstić information content (AvgIpc) is 3.20. The van der Waals surface area contributed by atoms with Gasteiger partial charge in [0.15, 0.2) is 0 Å². The van der Waals surface area contributed by atoms with Gasteiger partial charge in [-0.2, -0.15) is 5.26 Å². The Labute approximate surface area is 209 Å². The van der Waals surface area contributed by atoms with Gasteiger partial charge in [-0.1, -0.05) is 19.1 Å². The van der Waals surface area contributed by atoms with Gasteiger partial charge in [0.05, 0.1) is 25.1 Å². The Hall–Kier alpha value is -3.70. The first-order valence-electron chi connectivity index (χ1n) is 11.7. The van der Waals surface area contributed by atoms with E-state index in [9.17, 15) is 14.9 Å². The van der Waals surface area contributed by atoms with Crippen LogP contribution in [0.2, 0.25) is 0 Å². The first-order valence-corrected chi connectivity index (χ1v) is 12.5. The number of nitrogens with zero attached hydrogens (tertiary/aromatic N) is 3. The topological polar surface area (TPSA) is 95.3 Å². The number of hydrogen-bond donors (Lipinski definition) is 1. The molecule has 0 radical (unpaired) electrons. The molecule has 0 saturated carbocycles. The molecule has 3 aromatic rings. The number of amides is 2. The van der Waals surface area contributed by atoms with Crippen LogP contribution in [0.1, 0.15) is 53.3 Å². The maximum Gasteiger partial charge on any atom is 0.227 e. The van der Waals surface area contributed by atoms with Gasteiger partial charge in [-0.05, 0) is 60.2 Å². The lowest BCUT2D eigenvalue weighted by molar-refractivity contribution is -0.131. The lowest BCUT2D eigenvalue weighted by Gasteiger charge is -2.27. The maximum atomic E-state index is 12.8. The van der Waals surface area contributed by atoms with Crippen LogP contribution in [0.4, 0.5) is 5.00 Å². The van der Waals surface area contributed by atoms with Crippen LogP contribution in [0, 0.1) is 11.3 Å². The fourth-order valence-electron chi connectivity index (χ4n) is 4.26. The quantitative estimate of drug-likeness (QED) is 0.497. The Morgan fingerprint density at radius 3 is 2.83 bits per heavy atom. The molecule has 0 bridgehead atoms. The van der Waals surface area contributed by atoms with Crippen LogP contribution in [0.5, 0.6) is 5.75 Å². The van der Waals surface area contributed by atoms with E-state index >= 15 is 0 Å². The van der Waals surface area contributed by atoms with Crippen molar-refractivity contribution >= 4 is 28.2 Å². The number of pyridine rings is 1. The minimum absolute atomic E-state index is 0.00294. The molecule has 8 heteroatoms. The van der Waals surface area contributed by atoms with E-state index in [1.165, 1.54) is 11.3 Å². The Morgan fingerprint density at radius 2 is 2.09 bits per heavy atom. The average molecular weight is 489 g/mol. The molecule has 1 N–H and O–H groups in total. The third-order valence-corrected chi connectivity index (χ3v) is 7.24. The SMILES string of the molecule is CCOc1cccc([C@@H](C)CC(=O)Nc2sc3c(c2C#N)CCN(C(=O)Cc2ccncc2)C3)c1. The van der Waals surface area contributed by atoms with Crippen molar-refractivity contribution in [3.8, 4) is 11.8 Å². The highest BCUT2D eigenvalue weighted by molar-refractivity contribution is 7.16. The molecule has 0 unspecified atom stereocenters. The van der Waals surface area contributed by atoms with E-state index in [0.29, 0.717) is 49.5 Å². The van der Waals surface area contributed by atoms with Gasteiger partial charge in [-0.25, -0.2) is 0 Å². The van der Waals surface area contributed by atoms with Crippen molar-refractivity contribution in [2.75, 3.05) is 18.5 Å². The molecule has 2 amide bonds. The second-order valence-corrected chi connectivity index (χ2v) is 9.68. The molecule has 1 aromatic carbocycles. The molecule has 1 atom stereocenters. The fourth-order valence-corrected chi connectivity index (χ4v) is 5.49. The maximum absolute atomic E-state index is 12.8. The van der Waals surface area contributed by atoms with E-state index in [0.717, 1.165) is 27.3 Å². The smallest absolute Gasteiger partial charge is 0.227 e. The predicted octanol–water partition coefficient (Wildman–Crippen LogP) is 4.67. The van der Waals surface area contributed by atoms with Gasteiger partial charge in [0.2, 0.25) is 11.8 Å². The lowest BCUT2D eigenvalue weighted by atomic mass is 9.97. The van der Waals surface area contributed by atoms with E-state index in [2.05, 4.69) is 16.4 Å². The number of carbonyl (C=O) groups excluding carboxylic acids is 2. The van der Waals surface area contributed by atoms with Crippen LogP contribution in [0.3, 0.4) is 0 Å². The molecular weight excluding hydrogens is 460 g/mol. The summed E-state index contributed by atoms with van der Waals surface area (Å²) in [6.07, 6.45) is 4.58. The molecule has 3 heterocycles. The van der Waals surface area contributed by atoms with Gasteiger partial charge in [0.25, 0.3) is 0 Å². The zero-order chi connectivity index (χ0) is 24.8. The molecule has 2 aromatic heterocycles. The highest BCUT2D eigenvalue weighted by Crippen LogP contribution is 2.37. The monoisotopic (exact) mass is 488 g/mol. The van der Waals surface area contributed by atoms with Gasteiger partial charge in [0.1, 0.15) is 16.8 Å². The largest absolute Gasteiger partial charge is 0.494 e. The van der Waals surface area contributed by atoms with Crippen LogP contribution in [-0.4, -0.2) is 34.8 Å². The number of carbonyl (C=O) groups is 2. The molecule has 180 valence electrons. The highest BCUT2D eigenvalue weighted by Gasteiger charge is 2.27. The third kappa shape index (κ3) is 5.87. The number of ether oxygens (including phenoxy) is 1. The molecule has 35 heavy (non-hydrogen) atoms. The molecule has 4 rings (SSSR count). The van der Waals surface area contributed by atoms with E-state index in [-0.39, 0.29) is 17.7 Å². The van der Waals surface area contributed by atoms with Crippen molar-refractivity contribution in [1.82, 2.24) is 9.88 Å². The molecule has 0 aliphatic carbocycles. The zero-order valence-electron chi connectivity index (χ0n) is 19.9. The van der Waals surface area contributed by atoms with Crippen molar-refractivity contribution in [2.45, 2.75) is 45.6 Å². The predicted molar refractivity (Wildman–Crippen MR) is 135 cm³/mol. The Kier molecular flexibility index (Phi) is 7.78. The number of nitriles is 1. The molecule has 1 aliphatic heterocycles. The van der Waals surface area contributed by atoms with Crippen LogP contribution >= 0.6 is 11.3 Å². The third-order valence-electron chi connectivity index (χ3n) is 6.11. The molecular formula is C27H28N4O3S. The number of anilines is 1. The van der Waals surface area contributed by atoms with Crippen molar-refractivity contribution in [1.29, 1.82) is 5.26 Å². The van der Waals surface area contributed by atoms with Crippen molar-refractivity contribution in [2.24, 2.45) is 0 Å². The van der Waals surface area contributed by atoms with Gasteiger partial charge < -0.3 is 15.0 Å². The Morgan fingerprint density at radius 1 is 1.29 bits per heavy atom. The van der Waals surface area contributed by atoms with E-state index in [4.69, 9.17) is 4.74 Å². The molecule has 1 aliphatic rings. The van der Waals surface area contributed by atoms with Crippen molar-refractivity contribution in [3.63, 3.8) is 0 Å². The van der Waals surface area contributed by atoms with E-state index < -0.39 is 0 Å². The molecule has 0 fully saturated rings. The summed E-state index contributed by atoms with van der Waals surface area (Å²) in [6.45, 7) is 5.54. The van der Waals surface area contributed by atoms with Gasteiger partial charge >= 0.3 is 0 Å². The van der Waals surface area contributed by atoms with Gasteiger partial charge in [-0.15, -0.1) is 11.3 Å². The summed E-state index contributed by atoms with van der Waals surface area (Å²) in [4.78, 5) is 32.4. The summed E-state index contributed by atoms with van der Waals surface area (Å²) in [5.74, 6) is 0.692. The van der Waals surface area contributed by atoms with Crippen LogP contribution in [0.15, 0.2) is 48.8 Å². The zero-order valence-corrected chi connectivity index (χ0v) is 20.7. The van der Waals surface area contributed by atoms with Crippen LogP contribution in [-0.2, 0) is 29.0 Å². The standard InChI is InChI=1S/C27H28N4O3S/c1-3-34-21-6-4-5-20(15-21)18(2)13-25(32)30-27-23(16-28)22-9-12-31(17-24(22)35-27)26(33)14-19-7-10-29-11-8-19/h4-8,10-11,15,18H,3,9,12-14,17H2,1-2H3,(H,30,32)/t18-/m0/s1. The summed E-state index contributed by atoms with van der Waals surface area (Å²) in [5, 5.41) is 13.3. The number of rotatable bonds is 8. The number of fused-ring (bicyclic) bond motifs is 1. The minimum atomic E-state index is -0.139. The molecule has 7 nitrogen and oxygen atoms in total. The summed E-state index contributed by atoms with van der Waals surface area (Å²) in [7, 11) is 0. The van der Waals surface area contributed by atoms with Crippen LogP contribution in [0.25, 0.3) is 0 Å². The number of benzene rings is 1. The van der Waals surface area contributed by atoms with Crippen molar-refractivity contribution < 1.29 is 14.3 Å². The lowest BCUT2D eigenvalue weighted by Crippen LogP contribution is -2.36. The summed E-state index contributed by atoms with van der Waals surface area (Å²) < 4.78 is 5.57. The van der Waals surface area contributed by atoms with Crippen LogP contribution < -0.4 is 10.1 Å². The fraction of sp³-hybridized carbons (Fsp3) is 0.333. The Bertz CT molecular complexity index is 1250. The van der Waals surface area contributed by atoms with E-state index in [1.54, 1.807) is 12.4 Å². The van der Waals surface area contributed by atoms with Crippen molar-refractivity contribution in [3.05, 3.63) is 75.9 Å². The number of hydrogen-bond acceptors (Lipinski definition) is 6. The Balaban J connectivity index is 1.41. The normalized spacial score (nSPS) is 13.5.